The van der Waals surface area contributed by atoms with Crippen LogP contribution in [0.2, 0.25) is 0 Å². The summed E-state index contributed by atoms with van der Waals surface area (Å²) < 4.78 is 44.7. The third kappa shape index (κ3) is 4.13. The van der Waals surface area contributed by atoms with Crippen molar-refractivity contribution < 1.29 is 27.1 Å². The van der Waals surface area contributed by atoms with Crippen LogP contribution in [0.15, 0.2) is 76.0 Å². The molecule has 0 radical (unpaired) electrons. The summed E-state index contributed by atoms with van der Waals surface area (Å²) in [6, 6.07) is 18.7. The molecule has 1 saturated heterocycles. The molecule has 1 aliphatic rings. The molecular weight excluding hydrogens is 442 g/mol. The molecule has 1 fully saturated rings. The Morgan fingerprint density at radius 2 is 1.64 bits per heavy atom. The summed E-state index contributed by atoms with van der Waals surface area (Å²) in [5.74, 6) is -0.286. The fourth-order valence-corrected chi connectivity index (χ4v) is 5.83. The van der Waals surface area contributed by atoms with Crippen LogP contribution in [0.25, 0.3) is 21.9 Å². The smallest absolute Gasteiger partial charge is 0.343 e. The molecule has 0 saturated carbocycles. The van der Waals surface area contributed by atoms with E-state index in [4.69, 9.17) is 13.9 Å². The van der Waals surface area contributed by atoms with E-state index < -0.39 is 16.0 Å². The number of benzene rings is 3. The molecule has 2 unspecified atom stereocenters. The highest BCUT2D eigenvalue weighted by Gasteiger charge is 2.32. The monoisotopic (exact) mass is 465 g/mol. The Hall–Kier alpha value is -3.20. The van der Waals surface area contributed by atoms with Crippen molar-refractivity contribution >= 4 is 37.9 Å². The Balaban J connectivity index is 1.41. The summed E-state index contributed by atoms with van der Waals surface area (Å²) in [4.78, 5) is 12.9. The fourth-order valence-electron chi connectivity index (χ4n) is 4.19. The van der Waals surface area contributed by atoms with E-state index in [2.05, 4.69) is 0 Å². The average molecular weight is 466 g/mol. The lowest BCUT2D eigenvalue weighted by molar-refractivity contribution is -0.0440. The first-order valence-electron chi connectivity index (χ1n) is 10.7. The maximum Gasteiger partial charge on any atom is 0.343 e. The lowest BCUT2D eigenvalue weighted by Gasteiger charge is -2.34. The number of fused-ring (bicyclic) bond motifs is 3. The van der Waals surface area contributed by atoms with Gasteiger partial charge in [0.2, 0.25) is 10.0 Å². The third-order valence-electron chi connectivity index (χ3n) is 5.65. The molecule has 5 rings (SSSR count). The first-order chi connectivity index (χ1) is 15.8. The first-order valence-corrected chi connectivity index (χ1v) is 12.1. The van der Waals surface area contributed by atoms with Crippen LogP contribution in [0.3, 0.4) is 0 Å². The number of furan rings is 1. The molecule has 33 heavy (non-hydrogen) atoms. The zero-order valence-electron chi connectivity index (χ0n) is 18.2. The highest BCUT2D eigenvalue weighted by molar-refractivity contribution is 7.89. The average Bonchev–Trinajstić information content (AvgIpc) is 3.16. The van der Waals surface area contributed by atoms with Crippen molar-refractivity contribution in [3.63, 3.8) is 0 Å². The Morgan fingerprint density at radius 3 is 2.42 bits per heavy atom. The van der Waals surface area contributed by atoms with Gasteiger partial charge in [-0.3, -0.25) is 0 Å². The number of sulfonamides is 1. The molecule has 170 valence electrons. The standard InChI is InChI=1S/C25H23NO6S/c1-16-14-26(15-17(2)30-16)33(28,29)20-7-5-6-18(12-20)25(27)31-19-10-11-24-22(13-19)21-8-3-4-9-23(21)32-24/h3-13,16-17H,14-15H2,1-2H3. The molecule has 0 aliphatic carbocycles. The number of carbonyl (C=O) groups excluding carboxylic acids is 1. The number of hydrogen-bond donors (Lipinski definition) is 0. The summed E-state index contributed by atoms with van der Waals surface area (Å²) in [6.45, 7) is 4.21. The van der Waals surface area contributed by atoms with Crippen molar-refractivity contribution in [1.82, 2.24) is 4.31 Å². The second kappa shape index (κ2) is 8.30. The molecule has 0 spiro atoms. The minimum absolute atomic E-state index is 0.0505. The van der Waals surface area contributed by atoms with Crippen molar-refractivity contribution in [2.45, 2.75) is 31.0 Å². The lowest BCUT2D eigenvalue weighted by atomic mass is 10.1. The maximum atomic E-state index is 13.2. The van der Waals surface area contributed by atoms with Gasteiger partial charge in [-0.05, 0) is 56.3 Å². The molecule has 1 aromatic heterocycles. The Kier molecular flexibility index (Phi) is 5.44. The van der Waals surface area contributed by atoms with Gasteiger partial charge in [-0.15, -0.1) is 0 Å². The van der Waals surface area contributed by atoms with E-state index in [0.29, 0.717) is 11.3 Å². The summed E-state index contributed by atoms with van der Waals surface area (Å²) >= 11 is 0. The largest absolute Gasteiger partial charge is 0.456 e. The van der Waals surface area contributed by atoms with Crippen LogP contribution in [-0.4, -0.2) is 44.0 Å². The number of ether oxygens (including phenoxy) is 2. The zero-order chi connectivity index (χ0) is 23.2. The topological polar surface area (TPSA) is 86.1 Å². The van der Waals surface area contributed by atoms with Gasteiger partial charge < -0.3 is 13.9 Å². The van der Waals surface area contributed by atoms with Gasteiger partial charge >= 0.3 is 5.97 Å². The molecular formula is C25H23NO6S. The number of esters is 1. The molecule has 1 aliphatic heterocycles. The highest BCUT2D eigenvalue weighted by Crippen LogP contribution is 2.31. The Labute approximate surface area is 191 Å². The number of para-hydroxylation sites is 1. The van der Waals surface area contributed by atoms with Crippen LogP contribution in [-0.2, 0) is 14.8 Å². The minimum atomic E-state index is -3.77. The summed E-state index contributed by atoms with van der Waals surface area (Å²) in [5.41, 5.74) is 1.60. The number of nitrogens with zero attached hydrogens (tertiary/aromatic N) is 1. The molecule has 7 nitrogen and oxygen atoms in total. The van der Waals surface area contributed by atoms with Crippen molar-refractivity contribution in [1.29, 1.82) is 0 Å². The van der Waals surface area contributed by atoms with E-state index >= 15 is 0 Å². The van der Waals surface area contributed by atoms with E-state index in [1.165, 1.54) is 22.5 Å². The van der Waals surface area contributed by atoms with Crippen molar-refractivity contribution in [3.05, 3.63) is 72.3 Å². The van der Waals surface area contributed by atoms with Crippen LogP contribution >= 0.6 is 0 Å². The van der Waals surface area contributed by atoms with Crippen molar-refractivity contribution in [3.8, 4) is 5.75 Å². The van der Waals surface area contributed by atoms with Crippen molar-refractivity contribution in [2.24, 2.45) is 0 Å². The molecule has 0 N–H and O–H groups in total. The van der Waals surface area contributed by atoms with E-state index in [9.17, 15) is 13.2 Å². The molecule has 4 aromatic rings. The number of rotatable bonds is 4. The normalized spacial score (nSPS) is 19.7. The number of hydrogen-bond acceptors (Lipinski definition) is 6. The predicted octanol–water partition coefficient (Wildman–Crippen LogP) is 4.60. The van der Waals surface area contributed by atoms with Gasteiger partial charge in [0.25, 0.3) is 0 Å². The van der Waals surface area contributed by atoms with Gasteiger partial charge in [0.05, 0.1) is 22.7 Å². The highest BCUT2D eigenvalue weighted by atomic mass is 32.2. The molecule has 8 heteroatoms. The quantitative estimate of drug-likeness (QED) is 0.323. The van der Waals surface area contributed by atoms with Gasteiger partial charge in [-0.2, -0.15) is 4.31 Å². The molecule has 3 aromatic carbocycles. The van der Waals surface area contributed by atoms with E-state index in [0.717, 1.165) is 16.4 Å². The fraction of sp³-hybridized carbons (Fsp3) is 0.240. The molecule has 0 bridgehead atoms. The second-order valence-corrected chi connectivity index (χ2v) is 10.2. The van der Waals surface area contributed by atoms with Crippen LogP contribution in [0.5, 0.6) is 5.75 Å². The van der Waals surface area contributed by atoms with E-state index in [1.54, 1.807) is 24.3 Å². The van der Waals surface area contributed by atoms with Crippen LogP contribution in [0.4, 0.5) is 0 Å². The molecule has 0 amide bonds. The Morgan fingerprint density at radius 1 is 0.909 bits per heavy atom. The predicted molar refractivity (Wildman–Crippen MR) is 124 cm³/mol. The van der Waals surface area contributed by atoms with E-state index in [1.807, 2.05) is 38.1 Å². The maximum absolute atomic E-state index is 13.2. The van der Waals surface area contributed by atoms with Crippen LogP contribution in [0, 0.1) is 0 Å². The van der Waals surface area contributed by atoms with Crippen molar-refractivity contribution in [2.75, 3.05) is 13.1 Å². The third-order valence-corrected chi connectivity index (χ3v) is 7.48. The van der Waals surface area contributed by atoms with Crippen LogP contribution < -0.4 is 4.74 Å². The number of carbonyl (C=O) groups is 1. The van der Waals surface area contributed by atoms with E-state index in [-0.39, 0.29) is 35.8 Å². The van der Waals surface area contributed by atoms with Gasteiger partial charge in [0.1, 0.15) is 16.9 Å². The number of morpholine rings is 1. The second-order valence-electron chi connectivity index (χ2n) is 8.25. The Bertz CT molecular complexity index is 1450. The zero-order valence-corrected chi connectivity index (χ0v) is 19.0. The minimum Gasteiger partial charge on any atom is -0.456 e. The lowest BCUT2D eigenvalue weighted by Crippen LogP contribution is -2.48. The molecule has 2 heterocycles. The molecule has 2 atom stereocenters. The van der Waals surface area contributed by atoms with Gasteiger partial charge in [0, 0.05) is 23.9 Å². The first kappa shape index (κ1) is 21.6. The van der Waals surface area contributed by atoms with Gasteiger partial charge in [0.15, 0.2) is 0 Å². The summed E-state index contributed by atoms with van der Waals surface area (Å²) in [6.07, 6.45) is -0.406. The summed E-state index contributed by atoms with van der Waals surface area (Å²) in [5, 5.41) is 1.76. The van der Waals surface area contributed by atoms with Gasteiger partial charge in [-0.1, -0.05) is 24.3 Å². The SMILES string of the molecule is CC1CN(S(=O)(=O)c2cccc(C(=O)Oc3ccc4oc5ccccc5c4c3)c2)CC(C)O1. The van der Waals surface area contributed by atoms with Gasteiger partial charge in [-0.25, -0.2) is 13.2 Å². The summed E-state index contributed by atoms with van der Waals surface area (Å²) in [7, 11) is -3.77. The van der Waals surface area contributed by atoms with Crippen LogP contribution in [0.1, 0.15) is 24.2 Å².